The molecule has 0 radical (unpaired) electrons. The number of rotatable bonds is 9. The third-order valence-corrected chi connectivity index (χ3v) is 7.25. The molecule has 0 spiro atoms. The van der Waals surface area contributed by atoms with Gasteiger partial charge in [-0.3, -0.25) is 9.59 Å². The molecule has 8 heteroatoms. The Morgan fingerprint density at radius 2 is 1.63 bits per heavy atom. The molecule has 0 atom stereocenters. The van der Waals surface area contributed by atoms with Crippen LogP contribution in [0.3, 0.4) is 0 Å². The molecule has 7 nitrogen and oxygen atoms in total. The highest BCUT2D eigenvalue weighted by Gasteiger charge is 2.29. The van der Waals surface area contributed by atoms with Gasteiger partial charge in [0.25, 0.3) is 0 Å². The summed E-state index contributed by atoms with van der Waals surface area (Å²) in [6, 6.07) is 7.12. The molecular weight excluding hydrogens is 402 g/mol. The van der Waals surface area contributed by atoms with Crippen LogP contribution < -0.4 is 5.32 Å². The van der Waals surface area contributed by atoms with Crippen LogP contribution in [0.25, 0.3) is 0 Å². The van der Waals surface area contributed by atoms with E-state index in [0.29, 0.717) is 56.4 Å². The number of carbonyl (C=O) groups excluding carboxylic acids is 2. The Balaban J connectivity index is 1.84. The summed E-state index contributed by atoms with van der Waals surface area (Å²) >= 11 is 0. The van der Waals surface area contributed by atoms with Gasteiger partial charge in [-0.15, -0.1) is 0 Å². The van der Waals surface area contributed by atoms with Crippen molar-refractivity contribution in [2.75, 3.05) is 32.7 Å². The van der Waals surface area contributed by atoms with Crippen molar-refractivity contribution in [3.8, 4) is 0 Å². The van der Waals surface area contributed by atoms with Crippen LogP contribution in [0.2, 0.25) is 0 Å². The second kappa shape index (κ2) is 10.0. The molecule has 0 aromatic heterocycles. The molecule has 0 bridgehead atoms. The number of ketones is 1. The topological polar surface area (TPSA) is 86.8 Å². The number of benzene rings is 1. The van der Waals surface area contributed by atoms with Gasteiger partial charge in [0.1, 0.15) is 5.78 Å². The van der Waals surface area contributed by atoms with Crippen LogP contribution in [0.15, 0.2) is 29.2 Å². The second-order valence-corrected chi connectivity index (χ2v) is 11.0. The van der Waals surface area contributed by atoms with E-state index in [0.717, 1.165) is 5.56 Å². The summed E-state index contributed by atoms with van der Waals surface area (Å²) < 4.78 is 27.3. The van der Waals surface area contributed by atoms with Crippen molar-refractivity contribution < 1.29 is 18.0 Å². The average Bonchev–Trinajstić information content (AvgIpc) is 2.65. The van der Waals surface area contributed by atoms with Crippen LogP contribution in [0.1, 0.15) is 58.9 Å². The normalized spacial score (nSPS) is 16.6. The molecule has 0 unspecified atom stereocenters. The predicted octanol–water partition coefficient (Wildman–Crippen LogP) is 2.38. The molecule has 1 N–H and O–H groups in total. The zero-order chi connectivity index (χ0) is 22.5. The Bertz CT molecular complexity index is 840. The standard InChI is InChI=1S/C22H35N3O4S/c1-17(2)19-6-8-20(9-7-19)30(28,29)25-14-12-24(13-15-25)11-10-21(27)23-22(4,5)16-18(3)26/h6-9,17H,10-16H2,1-5H3,(H,23,27). The lowest BCUT2D eigenvalue weighted by Gasteiger charge is -2.34. The van der Waals surface area contributed by atoms with Crippen molar-refractivity contribution >= 4 is 21.7 Å². The van der Waals surface area contributed by atoms with E-state index in [1.54, 1.807) is 12.1 Å². The molecule has 2 rings (SSSR count). The highest BCUT2D eigenvalue weighted by Crippen LogP contribution is 2.21. The number of carbonyl (C=O) groups is 2. The van der Waals surface area contributed by atoms with E-state index in [-0.39, 0.29) is 11.7 Å². The Morgan fingerprint density at radius 3 is 2.13 bits per heavy atom. The predicted molar refractivity (Wildman–Crippen MR) is 118 cm³/mol. The van der Waals surface area contributed by atoms with Crippen LogP contribution in [0, 0.1) is 0 Å². The Labute approximate surface area is 180 Å². The number of nitrogens with one attached hydrogen (secondary N) is 1. The summed E-state index contributed by atoms with van der Waals surface area (Å²) in [5.41, 5.74) is 0.560. The van der Waals surface area contributed by atoms with Crippen molar-refractivity contribution in [1.82, 2.24) is 14.5 Å². The van der Waals surface area contributed by atoms with Gasteiger partial charge in [0, 0.05) is 51.1 Å². The van der Waals surface area contributed by atoms with E-state index < -0.39 is 15.6 Å². The van der Waals surface area contributed by atoms with Crippen molar-refractivity contribution in [2.45, 2.75) is 63.8 Å². The van der Waals surface area contributed by atoms with Crippen LogP contribution in [-0.2, 0) is 19.6 Å². The molecule has 1 heterocycles. The Morgan fingerprint density at radius 1 is 1.07 bits per heavy atom. The summed E-state index contributed by atoms with van der Waals surface area (Å²) in [7, 11) is -3.50. The number of hydrogen-bond donors (Lipinski definition) is 1. The molecule has 1 aromatic carbocycles. The summed E-state index contributed by atoms with van der Waals surface area (Å²) in [4.78, 5) is 25.9. The summed E-state index contributed by atoms with van der Waals surface area (Å²) in [6.07, 6.45) is 0.623. The fourth-order valence-electron chi connectivity index (χ4n) is 3.73. The maximum absolute atomic E-state index is 12.9. The largest absolute Gasteiger partial charge is 0.351 e. The highest BCUT2D eigenvalue weighted by molar-refractivity contribution is 7.89. The fourth-order valence-corrected chi connectivity index (χ4v) is 5.16. The monoisotopic (exact) mass is 437 g/mol. The molecule has 1 fully saturated rings. The maximum Gasteiger partial charge on any atom is 0.243 e. The van der Waals surface area contributed by atoms with Gasteiger partial charge in [0.15, 0.2) is 0 Å². The molecule has 30 heavy (non-hydrogen) atoms. The maximum atomic E-state index is 12.9. The number of amides is 1. The van der Waals surface area contributed by atoms with Crippen LogP contribution in [0.4, 0.5) is 0 Å². The molecule has 1 aliphatic heterocycles. The molecular formula is C22H35N3O4S. The lowest BCUT2D eigenvalue weighted by molar-refractivity contribution is -0.124. The van der Waals surface area contributed by atoms with E-state index in [4.69, 9.17) is 0 Å². The molecule has 168 valence electrons. The third-order valence-electron chi connectivity index (χ3n) is 5.34. The first-order chi connectivity index (χ1) is 13.9. The van der Waals surface area contributed by atoms with Crippen molar-refractivity contribution in [2.24, 2.45) is 0 Å². The van der Waals surface area contributed by atoms with E-state index in [1.165, 1.54) is 11.2 Å². The van der Waals surface area contributed by atoms with E-state index >= 15 is 0 Å². The molecule has 0 aliphatic carbocycles. The van der Waals surface area contributed by atoms with Gasteiger partial charge in [-0.05, 0) is 44.4 Å². The van der Waals surface area contributed by atoms with Gasteiger partial charge in [0.05, 0.1) is 4.90 Å². The molecule has 1 aliphatic rings. The molecule has 0 saturated carbocycles. The van der Waals surface area contributed by atoms with Crippen molar-refractivity contribution in [3.63, 3.8) is 0 Å². The van der Waals surface area contributed by atoms with Crippen LogP contribution in [0.5, 0.6) is 0 Å². The quantitative estimate of drug-likeness (QED) is 0.641. The van der Waals surface area contributed by atoms with E-state index in [9.17, 15) is 18.0 Å². The molecule has 1 aromatic rings. The lowest BCUT2D eigenvalue weighted by Crippen LogP contribution is -2.50. The minimum absolute atomic E-state index is 0.0384. The van der Waals surface area contributed by atoms with E-state index in [1.807, 2.05) is 26.0 Å². The van der Waals surface area contributed by atoms with E-state index in [2.05, 4.69) is 24.1 Å². The van der Waals surface area contributed by atoms with Gasteiger partial charge in [0.2, 0.25) is 15.9 Å². The number of sulfonamides is 1. The fraction of sp³-hybridized carbons (Fsp3) is 0.636. The molecule has 1 saturated heterocycles. The number of nitrogens with zero attached hydrogens (tertiary/aromatic N) is 2. The SMILES string of the molecule is CC(=O)CC(C)(C)NC(=O)CCN1CCN(S(=O)(=O)c2ccc(C(C)C)cc2)CC1. The first-order valence-corrected chi connectivity index (χ1v) is 12.0. The Kier molecular flexibility index (Phi) is 8.19. The zero-order valence-corrected chi connectivity index (χ0v) is 19.6. The summed E-state index contributed by atoms with van der Waals surface area (Å²) in [6.45, 7) is 11.9. The Hall–Kier alpha value is -1.77. The zero-order valence-electron chi connectivity index (χ0n) is 18.8. The third kappa shape index (κ3) is 6.89. The second-order valence-electron chi connectivity index (χ2n) is 9.03. The van der Waals surface area contributed by atoms with Gasteiger partial charge >= 0.3 is 0 Å². The highest BCUT2D eigenvalue weighted by atomic mass is 32.2. The molecule has 1 amide bonds. The number of Topliss-reactive ketones (excluding diaryl/α,β-unsaturated/α-hetero) is 1. The van der Waals surface area contributed by atoms with Crippen LogP contribution >= 0.6 is 0 Å². The minimum Gasteiger partial charge on any atom is -0.351 e. The minimum atomic E-state index is -3.50. The van der Waals surface area contributed by atoms with Gasteiger partial charge in [-0.2, -0.15) is 4.31 Å². The number of piperazine rings is 1. The average molecular weight is 438 g/mol. The van der Waals surface area contributed by atoms with Gasteiger partial charge in [-0.1, -0.05) is 26.0 Å². The van der Waals surface area contributed by atoms with Gasteiger partial charge < -0.3 is 10.2 Å². The number of hydrogen-bond acceptors (Lipinski definition) is 5. The summed E-state index contributed by atoms with van der Waals surface area (Å²) in [5, 5.41) is 2.90. The van der Waals surface area contributed by atoms with Crippen LogP contribution in [-0.4, -0.2) is 67.6 Å². The lowest BCUT2D eigenvalue weighted by atomic mass is 9.98. The first-order valence-electron chi connectivity index (χ1n) is 10.5. The first kappa shape index (κ1) is 24.5. The smallest absolute Gasteiger partial charge is 0.243 e. The van der Waals surface area contributed by atoms with Crippen molar-refractivity contribution in [1.29, 1.82) is 0 Å². The van der Waals surface area contributed by atoms with Crippen molar-refractivity contribution in [3.05, 3.63) is 29.8 Å². The van der Waals surface area contributed by atoms with Gasteiger partial charge in [-0.25, -0.2) is 8.42 Å². The summed E-state index contributed by atoms with van der Waals surface area (Å²) in [5.74, 6) is 0.300.